The molecule has 0 radical (unpaired) electrons. The third-order valence-electron chi connectivity index (χ3n) is 2.24. The number of aliphatic hydroxyl groups excluding tert-OH is 1. The molecule has 2 nitrogen and oxygen atoms in total. The Balaban J connectivity index is 2.96. The first kappa shape index (κ1) is 11.8. The second kappa shape index (κ2) is 6.25. The van der Waals surface area contributed by atoms with E-state index in [2.05, 4.69) is 0 Å². The molecule has 0 fully saturated rings. The van der Waals surface area contributed by atoms with Crippen LogP contribution in [0.1, 0.15) is 25.8 Å². The van der Waals surface area contributed by atoms with E-state index in [1.165, 1.54) is 0 Å². The summed E-state index contributed by atoms with van der Waals surface area (Å²) in [6, 6.07) is 7.86. The van der Waals surface area contributed by atoms with E-state index >= 15 is 0 Å². The zero-order chi connectivity index (χ0) is 11.1. The van der Waals surface area contributed by atoms with Crippen molar-refractivity contribution < 1.29 is 9.84 Å². The average Bonchev–Trinajstić information content (AvgIpc) is 2.28. The van der Waals surface area contributed by atoms with E-state index in [9.17, 15) is 0 Å². The highest BCUT2D eigenvalue weighted by Crippen LogP contribution is 2.21. The molecule has 0 aliphatic rings. The van der Waals surface area contributed by atoms with Crippen molar-refractivity contribution in [1.29, 1.82) is 0 Å². The first-order valence-corrected chi connectivity index (χ1v) is 5.34. The summed E-state index contributed by atoms with van der Waals surface area (Å²) in [5, 5.41) is 9.10. The van der Waals surface area contributed by atoms with Crippen molar-refractivity contribution in [2.45, 2.75) is 20.3 Å². The van der Waals surface area contributed by atoms with Gasteiger partial charge in [0.15, 0.2) is 0 Å². The molecule has 0 saturated heterocycles. The molecule has 1 aromatic rings. The van der Waals surface area contributed by atoms with Crippen molar-refractivity contribution in [3.05, 3.63) is 35.4 Å². The predicted molar refractivity (Wildman–Crippen MR) is 63.0 cm³/mol. The molecule has 1 aromatic carbocycles. The van der Waals surface area contributed by atoms with Gasteiger partial charge in [0.25, 0.3) is 0 Å². The summed E-state index contributed by atoms with van der Waals surface area (Å²) >= 11 is 0. The summed E-state index contributed by atoms with van der Waals surface area (Å²) in [5.74, 6) is 0.874. The summed E-state index contributed by atoms with van der Waals surface area (Å²) < 4.78 is 5.50. The zero-order valence-corrected chi connectivity index (χ0v) is 9.36. The fraction of sp³-hybridized carbons (Fsp3) is 0.385. The molecule has 0 atom stereocenters. The van der Waals surface area contributed by atoms with Crippen LogP contribution in [0.3, 0.4) is 0 Å². The highest BCUT2D eigenvalue weighted by molar-refractivity contribution is 5.59. The summed E-state index contributed by atoms with van der Waals surface area (Å²) in [4.78, 5) is 0. The van der Waals surface area contributed by atoms with Crippen molar-refractivity contribution in [3.63, 3.8) is 0 Å². The van der Waals surface area contributed by atoms with Gasteiger partial charge in [-0.1, -0.05) is 25.1 Å². The minimum atomic E-state index is 0.108. The van der Waals surface area contributed by atoms with E-state index in [0.717, 1.165) is 23.3 Å². The Hall–Kier alpha value is -1.28. The summed E-state index contributed by atoms with van der Waals surface area (Å²) in [7, 11) is 0. The van der Waals surface area contributed by atoms with Crippen LogP contribution < -0.4 is 4.74 Å². The molecule has 0 saturated carbocycles. The molecule has 0 heterocycles. The van der Waals surface area contributed by atoms with Gasteiger partial charge in [-0.2, -0.15) is 0 Å². The molecule has 82 valence electrons. The minimum Gasteiger partial charge on any atom is -0.493 e. The molecule has 0 aromatic heterocycles. The van der Waals surface area contributed by atoms with E-state index in [1.807, 2.05) is 44.2 Å². The molecular formula is C13H18O2. The fourth-order valence-corrected chi connectivity index (χ4v) is 1.37. The van der Waals surface area contributed by atoms with Gasteiger partial charge in [0, 0.05) is 5.56 Å². The molecule has 1 rings (SSSR count). The smallest absolute Gasteiger partial charge is 0.126 e. The summed E-state index contributed by atoms with van der Waals surface area (Å²) in [5.41, 5.74) is 2.05. The van der Waals surface area contributed by atoms with E-state index in [0.29, 0.717) is 6.61 Å². The van der Waals surface area contributed by atoms with E-state index in [1.54, 1.807) is 0 Å². The van der Waals surface area contributed by atoms with Gasteiger partial charge in [0.2, 0.25) is 0 Å². The highest BCUT2D eigenvalue weighted by Gasteiger charge is 2.00. The number of para-hydroxylation sites is 1. The first-order chi connectivity index (χ1) is 7.31. The number of ether oxygens (including phenoxy) is 1. The van der Waals surface area contributed by atoms with E-state index in [-0.39, 0.29) is 6.61 Å². The molecular weight excluding hydrogens is 188 g/mol. The van der Waals surface area contributed by atoms with Crippen LogP contribution in [0.15, 0.2) is 29.8 Å². The fourth-order valence-electron chi connectivity index (χ4n) is 1.37. The largest absolute Gasteiger partial charge is 0.493 e. The Morgan fingerprint density at radius 3 is 2.67 bits per heavy atom. The molecule has 15 heavy (non-hydrogen) atoms. The van der Waals surface area contributed by atoms with Crippen LogP contribution in [-0.2, 0) is 0 Å². The highest BCUT2D eigenvalue weighted by atomic mass is 16.5. The van der Waals surface area contributed by atoms with Gasteiger partial charge in [-0.25, -0.2) is 0 Å². The first-order valence-electron chi connectivity index (χ1n) is 5.34. The predicted octanol–water partition coefficient (Wildman–Crippen LogP) is 2.87. The third kappa shape index (κ3) is 3.40. The van der Waals surface area contributed by atoms with Crippen LogP contribution in [0.5, 0.6) is 5.75 Å². The summed E-state index contributed by atoms with van der Waals surface area (Å²) in [6.07, 6.45) is 2.85. The Morgan fingerprint density at radius 1 is 1.33 bits per heavy atom. The van der Waals surface area contributed by atoms with Crippen LogP contribution in [0.2, 0.25) is 0 Å². The number of rotatable bonds is 5. The van der Waals surface area contributed by atoms with E-state index < -0.39 is 0 Å². The molecule has 2 heteroatoms. The lowest BCUT2D eigenvalue weighted by molar-refractivity contribution is 0.328. The number of aliphatic hydroxyl groups is 1. The lowest BCUT2D eigenvalue weighted by Gasteiger charge is -2.07. The number of hydrogen-bond acceptors (Lipinski definition) is 2. The maximum absolute atomic E-state index is 9.10. The van der Waals surface area contributed by atoms with Gasteiger partial charge in [-0.3, -0.25) is 0 Å². The van der Waals surface area contributed by atoms with Crippen LogP contribution in [0.25, 0.3) is 6.08 Å². The Kier molecular flexibility index (Phi) is 4.91. The summed E-state index contributed by atoms with van der Waals surface area (Å²) in [6.45, 7) is 4.76. The number of hydrogen-bond donors (Lipinski definition) is 1. The molecule has 0 amide bonds. The van der Waals surface area contributed by atoms with Gasteiger partial charge in [-0.05, 0) is 31.1 Å². The monoisotopic (exact) mass is 206 g/mol. The molecule has 0 aliphatic carbocycles. The Bertz CT molecular complexity index is 323. The SMILES string of the molecule is CCOc1ccccc1/C=C(\CC)CO. The van der Waals surface area contributed by atoms with E-state index in [4.69, 9.17) is 9.84 Å². The van der Waals surface area contributed by atoms with Crippen molar-refractivity contribution >= 4 is 6.08 Å². The molecule has 0 aliphatic heterocycles. The maximum atomic E-state index is 9.10. The van der Waals surface area contributed by atoms with Gasteiger partial charge in [-0.15, -0.1) is 0 Å². The van der Waals surface area contributed by atoms with Gasteiger partial charge in [0.1, 0.15) is 5.75 Å². The number of benzene rings is 1. The third-order valence-corrected chi connectivity index (χ3v) is 2.24. The molecule has 1 N–H and O–H groups in total. The van der Waals surface area contributed by atoms with Gasteiger partial charge >= 0.3 is 0 Å². The quantitative estimate of drug-likeness (QED) is 0.802. The molecule has 0 spiro atoms. The van der Waals surface area contributed by atoms with Crippen molar-refractivity contribution in [2.75, 3.05) is 13.2 Å². The topological polar surface area (TPSA) is 29.5 Å². The molecule has 0 unspecified atom stereocenters. The zero-order valence-electron chi connectivity index (χ0n) is 9.36. The van der Waals surface area contributed by atoms with Crippen molar-refractivity contribution in [3.8, 4) is 5.75 Å². The maximum Gasteiger partial charge on any atom is 0.126 e. The van der Waals surface area contributed by atoms with Crippen LogP contribution in [0, 0.1) is 0 Å². The van der Waals surface area contributed by atoms with Crippen molar-refractivity contribution in [1.82, 2.24) is 0 Å². The van der Waals surface area contributed by atoms with Crippen LogP contribution in [0.4, 0.5) is 0 Å². The van der Waals surface area contributed by atoms with Gasteiger partial charge in [0.05, 0.1) is 13.2 Å². The normalized spacial score (nSPS) is 11.5. The Labute approximate surface area is 91.2 Å². The minimum absolute atomic E-state index is 0.108. The lowest BCUT2D eigenvalue weighted by Crippen LogP contribution is -1.95. The van der Waals surface area contributed by atoms with Crippen LogP contribution >= 0.6 is 0 Å². The van der Waals surface area contributed by atoms with Gasteiger partial charge < -0.3 is 9.84 Å². The lowest BCUT2D eigenvalue weighted by atomic mass is 10.1. The average molecular weight is 206 g/mol. The van der Waals surface area contributed by atoms with Crippen molar-refractivity contribution in [2.24, 2.45) is 0 Å². The second-order valence-corrected chi connectivity index (χ2v) is 3.29. The molecule has 0 bridgehead atoms. The second-order valence-electron chi connectivity index (χ2n) is 3.29. The Morgan fingerprint density at radius 2 is 2.07 bits per heavy atom. The standard InChI is InChI=1S/C13H18O2/c1-3-11(10-14)9-12-7-5-6-8-13(12)15-4-2/h5-9,14H,3-4,10H2,1-2H3/b11-9+. The van der Waals surface area contributed by atoms with Crippen LogP contribution in [-0.4, -0.2) is 18.3 Å².